The fourth-order valence-electron chi connectivity index (χ4n) is 0.896. The minimum atomic E-state index is -0.157. The Morgan fingerprint density at radius 3 is 2.69 bits per heavy atom. The van der Waals surface area contributed by atoms with Crippen LogP contribution in [-0.4, -0.2) is 5.91 Å². The van der Waals surface area contributed by atoms with Crippen molar-refractivity contribution in [1.82, 2.24) is 0 Å². The van der Waals surface area contributed by atoms with Gasteiger partial charge in [-0.25, -0.2) is 0 Å². The predicted octanol–water partition coefficient (Wildman–Crippen LogP) is 1.58. The van der Waals surface area contributed by atoms with E-state index < -0.39 is 0 Å². The van der Waals surface area contributed by atoms with E-state index in [2.05, 4.69) is 10.7 Å². The van der Waals surface area contributed by atoms with Crippen molar-refractivity contribution in [3.05, 3.63) is 23.2 Å². The van der Waals surface area contributed by atoms with Gasteiger partial charge in [0, 0.05) is 6.92 Å². The molecule has 0 saturated carbocycles. The number of nitrogens with one attached hydrogen (secondary N) is 2. The smallest absolute Gasteiger partial charge is 0.221 e. The Morgan fingerprint density at radius 2 is 2.23 bits per heavy atom. The maximum Gasteiger partial charge on any atom is 0.221 e. The molecule has 4 N–H and O–H groups in total. The summed E-state index contributed by atoms with van der Waals surface area (Å²) in [4.78, 5) is 10.7. The molecule has 0 atom stereocenters. The summed E-state index contributed by atoms with van der Waals surface area (Å²) in [6.07, 6.45) is 0. The molecule has 4 nitrogen and oxygen atoms in total. The van der Waals surface area contributed by atoms with Crippen molar-refractivity contribution in [2.24, 2.45) is 5.84 Å². The molecule has 0 spiro atoms. The number of hydrogen-bond acceptors (Lipinski definition) is 3. The monoisotopic (exact) mass is 199 g/mol. The van der Waals surface area contributed by atoms with Crippen LogP contribution in [0.15, 0.2) is 18.2 Å². The van der Waals surface area contributed by atoms with Gasteiger partial charge in [-0.3, -0.25) is 10.6 Å². The van der Waals surface area contributed by atoms with Gasteiger partial charge in [0.15, 0.2) is 0 Å². The van der Waals surface area contributed by atoms with Crippen molar-refractivity contribution in [2.75, 3.05) is 10.7 Å². The summed E-state index contributed by atoms with van der Waals surface area (Å²) in [6.45, 7) is 1.42. The van der Waals surface area contributed by atoms with Crippen LogP contribution >= 0.6 is 11.6 Å². The Kier molecular flexibility index (Phi) is 3.11. The standard InChI is InChI=1S/C8H10ClN3O/c1-5(13)11-8-3-2-6(12-10)4-7(8)9/h2-4,12H,10H2,1H3,(H,11,13). The average molecular weight is 200 g/mol. The van der Waals surface area contributed by atoms with E-state index in [1.807, 2.05) is 0 Å². The summed E-state index contributed by atoms with van der Waals surface area (Å²) in [6, 6.07) is 5.03. The van der Waals surface area contributed by atoms with Crippen LogP contribution in [0.4, 0.5) is 11.4 Å². The van der Waals surface area contributed by atoms with E-state index in [0.717, 1.165) is 0 Å². The Morgan fingerprint density at radius 1 is 1.54 bits per heavy atom. The summed E-state index contributed by atoms with van der Waals surface area (Å²) in [7, 11) is 0. The van der Waals surface area contributed by atoms with E-state index >= 15 is 0 Å². The number of hydrazine groups is 1. The third kappa shape index (κ3) is 2.61. The molecule has 0 aliphatic rings. The summed E-state index contributed by atoms with van der Waals surface area (Å²) < 4.78 is 0. The van der Waals surface area contributed by atoms with Crippen molar-refractivity contribution < 1.29 is 4.79 Å². The second-order valence-corrected chi connectivity index (χ2v) is 2.93. The zero-order valence-electron chi connectivity index (χ0n) is 7.10. The number of anilines is 2. The lowest BCUT2D eigenvalue weighted by molar-refractivity contribution is -0.114. The van der Waals surface area contributed by atoms with Gasteiger partial charge in [-0.2, -0.15) is 0 Å². The van der Waals surface area contributed by atoms with Gasteiger partial charge < -0.3 is 10.7 Å². The number of carbonyl (C=O) groups is 1. The van der Waals surface area contributed by atoms with E-state index in [9.17, 15) is 4.79 Å². The van der Waals surface area contributed by atoms with Gasteiger partial charge in [0.1, 0.15) is 0 Å². The third-order valence-corrected chi connectivity index (χ3v) is 1.76. The molecule has 13 heavy (non-hydrogen) atoms. The molecule has 0 radical (unpaired) electrons. The number of rotatable bonds is 2. The largest absolute Gasteiger partial charge is 0.325 e. The van der Waals surface area contributed by atoms with E-state index in [-0.39, 0.29) is 5.91 Å². The molecule has 1 amide bonds. The number of nitrogen functional groups attached to an aromatic ring is 1. The normalized spacial score (nSPS) is 9.46. The Labute approximate surface area is 81.0 Å². The Bertz CT molecular complexity index is 327. The van der Waals surface area contributed by atoms with Crippen LogP contribution in [0.2, 0.25) is 5.02 Å². The Balaban J connectivity index is 2.91. The molecule has 0 aliphatic heterocycles. The average Bonchev–Trinajstić information content (AvgIpc) is 2.08. The van der Waals surface area contributed by atoms with Crippen LogP contribution in [0.25, 0.3) is 0 Å². The van der Waals surface area contributed by atoms with Gasteiger partial charge in [-0.15, -0.1) is 0 Å². The number of halogens is 1. The highest BCUT2D eigenvalue weighted by Gasteiger charge is 2.01. The second-order valence-electron chi connectivity index (χ2n) is 2.52. The van der Waals surface area contributed by atoms with Crippen LogP contribution in [0.1, 0.15) is 6.92 Å². The van der Waals surface area contributed by atoms with Gasteiger partial charge in [0.05, 0.1) is 16.4 Å². The molecule has 5 heteroatoms. The van der Waals surface area contributed by atoms with Crippen molar-refractivity contribution >= 4 is 28.9 Å². The van der Waals surface area contributed by atoms with E-state index in [0.29, 0.717) is 16.4 Å². The molecule has 0 bridgehead atoms. The first kappa shape index (κ1) is 9.83. The number of hydrogen-bond donors (Lipinski definition) is 3. The van der Waals surface area contributed by atoms with Crippen molar-refractivity contribution in [2.45, 2.75) is 6.92 Å². The molecule has 0 saturated heterocycles. The van der Waals surface area contributed by atoms with E-state index in [1.165, 1.54) is 6.92 Å². The lowest BCUT2D eigenvalue weighted by Gasteiger charge is -2.06. The highest BCUT2D eigenvalue weighted by Crippen LogP contribution is 2.24. The molecule has 0 fully saturated rings. The van der Waals surface area contributed by atoms with Crippen LogP contribution in [0, 0.1) is 0 Å². The van der Waals surface area contributed by atoms with E-state index in [1.54, 1.807) is 18.2 Å². The zero-order valence-corrected chi connectivity index (χ0v) is 7.85. The number of nitrogens with two attached hydrogens (primary N) is 1. The maximum absolute atomic E-state index is 10.7. The zero-order chi connectivity index (χ0) is 9.84. The summed E-state index contributed by atoms with van der Waals surface area (Å²) in [5.74, 6) is 5.02. The minimum absolute atomic E-state index is 0.157. The lowest BCUT2D eigenvalue weighted by Crippen LogP contribution is -2.08. The molecular weight excluding hydrogens is 190 g/mol. The van der Waals surface area contributed by atoms with Gasteiger partial charge in [0.2, 0.25) is 5.91 Å². The van der Waals surface area contributed by atoms with Gasteiger partial charge in [0.25, 0.3) is 0 Å². The Hall–Kier alpha value is -1.26. The van der Waals surface area contributed by atoms with Gasteiger partial charge in [-0.05, 0) is 18.2 Å². The molecule has 1 aromatic carbocycles. The fourth-order valence-corrected chi connectivity index (χ4v) is 1.12. The summed E-state index contributed by atoms with van der Waals surface area (Å²) in [5.41, 5.74) is 3.72. The quantitative estimate of drug-likeness (QED) is 0.501. The molecule has 0 unspecified atom stereocenters. The first-order valence-corrected chi connectivity index (χ1v) is 4.05. The maximum atomic E-state index is 10.7. The van der Waals surface area contributed by atoms with Crippen LogP contribution in [0.3, 0.4) is 0 Å². The topological polar surface area (TPSA) is 67.2 Å². The number of carbonyl (C=O) groups excluding carboxylic acids is 1. The SMILES string of the molecule is CC(=O)Nc1ccc(NN)cc1Cl. The van der Waals surface area contributed by atoms with Crippen LogP contribution < -0.4 is 16.6 Å². The highest BCUT2D eigenvalue weighted by atomic mass is 35.5. The molecule has 1 rings (SSSR count). The first-order valence-electron chi connectivity index (χ1n) is 3.67. The first-order chi connectivity index (χ1) is 6.13. The van der Waals surface area contributed by atoms with Crippen LogP contribution in [-0.2, 0) is 4.79 Å². The molecule has 70 valence electrons. The number of benzene rings is 1. The third-order valence-electron chi connectivity index (χ3n) is 1.45. The second kappa shape index (κ2) is 4.11. The molecule has 0 heterocycles. The lowest BCUT2D eigenvalue weighted by atomic mass is 10.3. The fraction of sp³-hybridized carbons (Fsp3) is 0.125. The van der Waals surface area contributed by atoms with Crippen molar-refractivity contribution in [3.8, 4) is 0 Å². The summed E-state index contributed by atoms with van der Waals surface area (Å²) in [5, 5.41) is 3.03. The number of amides is 1. The highest BCUT2D eigenvalue weighted by molar-refractivity contribution is 6.34. The van der Waals surface area contributed by atoms with Gasteiger partial charge in [-0.1, -0.05) is 11.6 Å². The minimum Gasteiger partial charge on any atom is -0.325 e. The van der Waals surface area contributed by atoms with Crippen molar-refractivity contribution in [3.63, 3.8) is 0 Å². The predicted molar refractivity (Wildman–Crippen MR) is 53.6 cm³/mol. The molecule has 1 aromatic rings. The van der Waals surface area contributed by atoms with E-state index in [4.69, 9.17) is 17.4 Å². The molecule has 0 aromatic heterocycles. The molecular formula is C8H10ClN3O. The van der Waals surface area contributed by atoms with Crippen molar-refractivity contribution in [1.29, 1.82) is 0 Å². The van der Waals surface area contributed by atoms with Crippen LogP contribution in [0.5, 0.6) is 0 Å². The molecule has 0 aliphatic carbocycles. The summed E-state index contributed by atoms with van der Waals surface area (Å²) >= 11 is 5.84. The van der Waals surface area contributed by atoms with Gasteiger partial charge >= 0.3 is 0 Å².